The van der Waals surface area contributed by atoms with E-state index in [1.165, 1.54) is 0 Å². The van der Waals surface area contributed by atoms with Gasteiger partial charge in [0.15, 0.2) is 11.6 Å². The first kappa shape index (κ1) is 16.7. The molecule has 0 saturated heterocycles. The number of imidazole rings is 1. The molecular weight excluding hydrogens is 352 g/mol. The fourth-order valence-electron chi connectivity index (χ4n) is 2.83. The highest BCUT2D eigenvalue weighted by atomic mass is 19.1. The van der Waals surface area contributed by atoms with E-state index in [4.69, 9.17) is 0 Å². The first-order chi connectivity index (χ1) is 13.0. The summed E-state index contributed by atoms with van der Waals surface area (Å²) < 4.78 is 29.6. The molecule has 0 saturated carbocycles. The number of phenolic OH excluding ortho intramolecular Hbond substituents is 1. The van der Waals surface area contributed by atoms with Crippen molar-refractivity contribution in [2.24, 2.45) is 0 Å². The van der Waals surface area contributed by atoms with Gasteiger partial charge in [0, 0.05) is 11.4 Å². The number of phenols is 1. The molecule has 1 heterocycles. The second kappa shape index (κ2) is 6.53. The monoisotopic (exact) mass is 365 g/mol. The Morgan fingerprint density at radius 1 is 1.04 bits per heavy atom. The summed E-state index contributed by atoms with van der Waals surface area (Å²) in [6, 6.07) is 16.2. The number of rotatable bonds is 3. The number of anilines is 1. The van der Waals surface area contributed by atoms with Crippen LogP contribution in [0.25, 0.3) is 16.7 Å². The number of carbonyl (C=O) groups is 1. The van der Waals surface area contributed by atoms with Gasteiger partial charge in [0.2, 0.25) is 0 Å². The number of benzene rings is 3. The molecule has 1 aromatic heterocycles. The predicted molar refractivity (Wildman–Crippen MR) is 97.0 cm³/mol. The highest BCUT2D eigenvalue weighted by molar-refractivity contribution is 6.05. The Morgan fingerprint density at radius 3 is 2.59 bits per heavy atom. The smallest absolute Gasteiger partial charge is 0.261 e. The zero-order valence-electron chi connectivity index (χ0n) is 13.9. The number of amides is 1. The summed E-state index contributed by atoms with van der Waals surface area (Å²) in [7, 11) is 0. The largest absolute Gasteiger partial charge is 0.505 e. The van der Waals surface area contributed by atoms with Crippen molar-refractivity contribution in [3.8, 4) is 11.4 Å². The summed E-state index contributed by atoms with van der Waals surface area (Å²) in [5.41, 5.74) is 1.83. The Morgan fingerprint density at radius 2 is 1.81 bits per heavy atom. The van der Waals surface area contributed by atoms with Gasteiger partial charge in [-0.3, -0.25) is 9.36 Å². The second-order valence-electron chi connectivity index (χ2n) is 5.86. The minimum Gasteiger partial charge on any atom is -0.505 e. The number of halogens is 2. The van der Waals surface area contributed by atoms with Gasteiger partial charge in [-0.05, 0) is 42.5 Å². The van der Waals surface area contributed by atoms with Crippen LogP contribution in [-0.2, 0) is 0 Å². The molecule has 0 fully saturated rings. The molecule has 7 heteroatoms. The molecule has 0 aliphatic heterocycles. The second-order valence-corrected chi connectivity index (χ2v) is 5.86. The molecule has 0 radical (unpaired) electrons. The summed E-state index contributed by atoms with van der Waals surface area (Å²) in [4.78, 5) is 16.6. The summed E-state index contributed by atoms with van der Waals surface area (Å²) >= 11 is 0. The minimum atomic E-state index is -1.30. The fraction of sp³-hybridized carbons (Fsp3) is 0. The van der Waals surface area contributed by atoms with Crippen LogP contribution in [-0.4, -0.2) is 20.6 Å². The lowest BCUT2D eigenvalue weighted by molar-refractivity contribution is 0.101. The molecule has 134 valence electrons. The molecule has 3 aromatic carbocycles. The lowest BCUT2D eigenvalue weighted by Crippen LogP contribution is -2.16. The van der Waals surface area contributed by atoms with Crippen molar-refractivity contribution in [2.75, 3.05) is 5.32 Å². The van der Waals surface area contributed by atoms with E-state index in [1.54, 1.807) is 24.5 Å². The maximum Gasteiger partial charge on any atom is 0.261 e. The number of aromatic nitrogens is 2. The normalized spacial score (nSPS) is 10.9. The SMILES string of the molecule is O=C(Nc1ccc2c(c1)ncn2-c1ccccc1)c1c(F)ccc(O)c1F. The van der Waals surface area contributed by atoms with E-state index in [2.05, 4.69) is 10.3 Å². The maximum absolute atomic E-state index is 13.9. The number of nitrogens with zero attached hydrogens (tertiary/aromatic N) is 2. The minimum absolute atomic E-state index is 0.327. The van der Waals surface area contributed by atoms with Gasteiger partial charge < -0.3 is 10.4 Å². The quantitative estimate of drug-likeness (QED) is 0.570. The third-order valence-electron chi connectivity index (χ3n) is 4.14. The van der Waals surface area contributed by atoms with E-state index < -0.39 is 28.9 Å². The van der Waals surface area contributed by atoms with Crippen molar-refractivity contribution in [2.45, 2.75) is 0 Å². The van der Waals surface area contributed by atoms with Crippen LogP contribution in [0.15, 0.2) is 67.0 Å². The highest BCUT2D eigenvalue weighted by Crippen LogP contribution is 2.25. The molecule has 0 unspecified atom stereocenters. The molecule has 1 amide bonds. The number of carbonyl (C=O) groups excluding carboxylic acids is 1. The lowest BCUT2D eigenvalue weighted by Gasteiger charge is -2.09. The van der Waals surface area contributed by atoms with E-state index in [1.807, 2.05) is 34.9 Å². The fourth-order valence-corrected chi connectivity index (χ4v) is 2.83. The number of hydrogen-bond acceptors (Lipinski definition) is 3. The summed E-state index contributed by atoms with van der Waals surface area (Å²) in [5.74, 6) is -4.15. The Bertz CT molecular complexity index is 1160. The Balaban J connectivity index is 1.66. The van der Waals surface area contributed by atoms with Crippen molar-refractivity contribution in [1.82, 2.24) is 9.55 Å². The molecule has 27 heavy (non-hydrogen) atoms. The third-order valence-corrected chi connectivity index (χ3v) is 4.14. The predicted octanol–water partition coefficient (Wildman–Crippen LogP) is 4.26. The molecule has 0 spiro atoms. The van der Waals surface area contributed by atoms with Crippen molar-refractivity contribution < 1.29 is 18.7 Å². The highest BCUT2D eigenvalue weighted by Gasteiger charge is 2.20. The molecule has 2 N–H and O–H groups in total. The number of aromatic hydroxyl groups is 1. The van der Waals surface area contributed by atoms with Gasteiger partial charge in [-0.2, -0.15) is 0 Å². The summed E-state index contributed by atoms with van der Waals surface area (Å²) in [5, 5.41) is 11.8. The number of nitrogens with one attached hydrogen (secondary N) is 1. The Hall–Kier alpha value is -3.74. The summed E-state index contributed by atoms with van der Waals surface area (Å²) in [6.07, 6.45) is 1.65. The molecule has 0 aliphatic carbocycles. The Kier molecular flexibility index (Phi) is 4.04. The van der Waals surface area contributed by atoms with Crippen LogP contribution < -0.4 is 5.32 Å². The van der Waals surface area contributed by atoms with E-state index in [9.17, 15) is 18.7 Å². The molecule has 0 atom stereocenters. The van der Waals surface area contributed by atoms with Gasteiger partial charge in [0.25, 0.3) is 5.91 Å². The number of fused-ring (bicyclic) bond motifs is 1. The van der Waals surface area contributed by atoms with E-state index in [0.717, 1.165) is 23.3 Å². The van der Waals surface area contributed by atoms with Crippen LogP contribution in [0.3, 0.4) is 0 Å². The third kappa shape index (κ3) is 2.99. The van der Waals surface area contributed by atoms with Crippen molar-refractivity contribution in [3.63, 3.8) is 0 Å². The molecule has 5 nitrogen and oxygen atoms in total. The zero-order chi connectivity index (χ0) is 19.0. The zero-order valence-corrected chi connectivity index (χ0v) is 13.9. The van der Waals surface area contributed by atoms with Crippen LogP contribution in [0, 0.1) is 11.6 Å². The van der Waals surface area contributed by atoms with Gasteiger partial charge in [0.1, 0.15) is 17.7 Å². The Labute approximate surface area is 152 Å². The van der Waals surface area contributed by atoms with Crippen molar-refractivity contribution >= 4 is 22.6 Å². The van der Waals surface area contributed by atoms with E-state index in [0.29, 0.717) is 11.2 Å². The van der Waals surface area contributed by atoms with Crippen molar-refractivity contribution in [1.29, 1.82) is 0 Å². The molecule has 0 bridgehead atoms. The van der Waals surface area contributed by atoms with Gasteiger partial charge in [-0.25, -0.2) is 13.8 Å². The van der Waals surface area contributed by atoms with Crippen molar-refractivity contribution in [3.05, 3.63) is 84.2 Å². The van der Waals surface area contributed by atoms with Crippen LogP contribution in [0.1, 0.15) is 10.4 Å². The summed E-state index contributed by atoms with van der Waals surface area (Å²) in [6.45, 7) is 0. The average Bonchev–Trinajstić information content (AvgIpc) is 3.09. The van der Waals surface area contributed by atoms with Gasteiger partial charge >= 0.3 is 0 Å². The first-order valence-electron chi connectivity index (χ1n) is 8.05. The molecule has 4 rings (SSSR count). The van der Waals surface area contributed by atoms with Crippen LogP contribution in [0.4, 0.5) is 14.5 Å². The standard InChI is InChI=1S/C20H13F2N3O2/c21-14-7-9-17(26)19(22)18(14)20(27)24-12-6-8-16-15(10-12)23-11-25(16)13-4-2-1-3-5-13/h1-11,26H,(H,24,27). The van der Waals surface area contributed by atoms with E-state index >= 15 is 0 Å². The van der Waals surface area contributed by atoms with Crippen LogP contribution in [0.5, 0.6) is 5.75 Å². The van der Waals surface area contributed by atoms with E-state index in [-0.39, 0.29) is 0 Å². The van der Waals surface area contributed by atoms with Gasteiger partial charge in [-0.15, -0.1) is 0 Å². The number of hydrogen-bond donors (Lipinski definition) is 2. The number of para-hydroxylation sites is 1. The topological polar surface area (TPSA) is 67.2 Å². The lowest BCUT2D eigenvalue weighted by atomic mass is 10.1. The molecule has 0 aliphatic rings. The van der Waals surface area contributed by atoms with Crippen LogP contribution >= 0.6 is 0 Å². The first-order valence-corrected chi connectivity index (χ1v) is 8.05. The average molecular weight is 365 g/mol. The maximum atomic E-state index is 13.9. The molecule has 4 aromatic rings. The van der Waals surface area contributed by atoms with Crippen LogP contribution in [0.2, 0.25) is 0 Å². The van der Waals surface area contributed by atoms with Gasteiger partial charge in [0.05, 0.1) is 11.0 Å². The molecular formula is C20H13F2N3O2. The van der Waals surface area contributed by atoms with Gasteiger partial charge in [-0.1, -0.05) is 18.2 Å².